The van der Waals surface area contributed by atoms with E-state index in [2.05, 4.69) is 10.2 Å². The minimum absolute atomic E-state index is 0.00652. The number of aliphatic hydroxyl groups is 1. The molecule has 0 unspecified atom stereocenters. The Morgan fingerprint density at radius 1 is 1.18 bits per heavy atom. The van der Waals surface area contributed by atoms with Gasteiger partial charge >= 0.3 is 6.11 Å². The van der Waals surface area contributed by atoms with Crippen molar-refractivity contribution >= 4 is 28.4 Å². The van der Waals surface area contributed by atoms with Gasteiger partial charge in [0.05, 0.1) is 16.6 Å². The average Bonchev–Trinajstić information content (AvgIpc) is 3.71. The summed E-state index contributed by atoms with van der Waals surface area (Å²) in [5, 5.41) is 12.3. The summed E-state index contributed by atoms with van der Waals surface area (Å²) in [4.78, 5) is 28.2. The molecule has 12 heteroatoms. The van der Waals surface area contributed by atoms with Crippen molar-refractivity contribution in [2.75, 3.05) is 32.7 Å². The number of carbonyl (C=O) groups is 1. The molecule has 2 aliphatic rings. The van der Waals surface area contributed by atoms with Gasteiger partial charge in [-0.25, -0.2) is 9.40 Å². The van der Waals surface area contributed by atoms with Gasteiger partial charge in [-0.1, -0.05) is 23.7 Å². The maximum atomic E-state index is 14.2. The highest BCUT2D eigenvalue weighted by atomic mass is 35.5. The summed E-state index contributed by atoms with van der Waals surface area (Å²) in [5.41, 5.74) is 3.22. The number of hydrazine groups is 1. The number of benzene rings is 2. The molecule has 1 atom stereocenters. The second-order valence-electron chi connectivity index (χ2n) is 10.0. The third kappa shape index (κ3) is 6.38. The molecule has 39 heavy (non-hydrogen) atoms. The van der Waals surface area contributed by atoms with Crippen LogP contribution in [0.25, 0.3) is 10.9 Å². The van der Waals surface area contributed by atoms with Crippen LogP contribution in [0.15, 0.2) is 47.4 Å². The molecule has 2 fully saturated rings. The molecular weight excluding hydrogens is 537 g/mol. The number of rotatable bonds is 8. The summed E-state index contributed by atoms with van der Waals surface area (Å²) in [5.74, 6) is -1.28. The van der Waals surface area contributed by atoms with Crippen molar-refractivity contribution in [3.05, 3.63) is 74.8 Å². The van der Waals surface area contributed by atoms with Crippen molar-refractivity contribution in [1.29, 1.82) is 0 Å². The Morgan fingerprint density at radius 3 is 2.46 bits per heavy atom. The van der Waals surface area contributed by atoms with Crippen molar-refractivity contribution in [2.24, 2.45) is 0 Å². The first kappa shape index (κ1) is 27.4. The predicted octanol–water partition coefficient (Wildman–Crippen LogP) is 4.12. The molecule has 1 saturated heterocycles. The van der Waals surface area contributed by atoms with E-state index < -0.39 is 29.4 Å². The van der Waals surface area contributed by atoms with Crippen LogP contribution in [-0.4, -0.2) is 64.3 Å². The molecule has 8 nitrogen and oxygen atoms in total. The van der Waals surface area contributed by atoms with Crippen LogP contribution in [0.5, 0.6) is 5.75 Å². The minimum Gasteiger partial charge on any atom is -0.433 e. The number of aliphatic hydroxyl groups excluding tert-OH is 1. The molecule has 208 valence electrons. The van der Waals surface area contributed by atoms with Crippen LogP contribution in [0.4, 0.5) is 13.2 Å². The molecule has 2 N–H and O–H groups in total. The van der Waals surface area contributed by atoms with Crippen molar-refractivity contribution in [2.45, 2.75) is 38.0 Å². The van der Waals surface area contributed by atoms with Gasteiger partial charge in [-0.3, -0.25) is 19.9 Å². The molecule has 5 rings (SSSR count). The van der Waals surface area contributed by atoms with Gasteiger partial charge in [0, 0.05) is 57.3 Å². The zero-order valence-corrected chi connectivity index (χ0v) is 21.9. The van der Waals surface area contributed by atoms with E-state index in [0.29, 0.717) is 50.7 Å². The molecule has 1 aliphatic carbocycles. The SMILES string of the molecule is CC(F)(F)Oc1ccc([C@H](O)CN2CCN(NC(=O)c3cn(C4CC4)c4cc(Cl)c(F)cc4c3=O)CC2)cc1. The first-order chi connectivity index (χ1) is 18.5. The van der Waals surface area contributed by atoms with E-state index in [1.165, 1.54) is 24.4 Å². The fraction of sp³-hybridized carbons (Fsp3) is 0.407. The quantitative estimate of drug-likeness (QED) is 0.428. The molecule has 1 saturated carbocycles. The number of fused-ring (bicyclic) bond motifs is 1. The molecule has 2 heterocycles. The first-order valence-electron chi connectivity index (χ1n) is 12.7. The normalized spacial score (nSPS) is 17.8. The van der Waals surface area contributed by atoms with E-state index in [1.54, 1.807) is 17.1 Å². The number of pyridine rings is 1. The van der Waals surface area contributed by atoms with Crippen LogP contribution in [0.1, 0.15) is 47.8 Å². The van der Waals surface area contributed by atoms with Gasteiger partial charge in [-0.2, -0.15) is 8.78 Å². The number of β-amino-alcohol motifs (C(OH)–C–C–N with tert-alkyl or cyclic N) is 1. The number of nitrogens with zero attached hydrogens (tertiary/aromatic N) is 3. The molecule has 2 aromatic carbocycles. The van der Waals surface area contributed by atoms with Crippen LogP contribution < -0.4 is 15.6 Å². The third-order valence-electron chi connectivity index (χ3n) is 6.88. The second-order valence-corrected chi connectivity index (χ2v) is 10.4. The van der Waals surface area contributed by atoms with Crippen LogP contribution >= 0.6 is 11.6 Å². The maximum absolute atomic E-state index is 14.2. The lowest BCUT2D eigenvalue weighted by Crippen LogP contribution is -2.54. The molecule has 3 aromatic rings. The average molecular weight is 565 g/mol. The smallest absolute Gasteiger partial charge is 0.394 e. The third-order valence-corrected chi connectivity index (χ3v) is 7.17. The Kier molecular flexibility index (Phi) is 7.60. The first-order valence-corrected chi connectivity index (χ1v) is 13.0. The Bertz CT molecular complexity index is 1430. The zero-order valence-electron chi connectivity index (χ0n) is 21.2. The zero-order chi connectivity index (χ0) is 27.9. The molecule has 1 aliphatic heterocycles. The summed E-state index contributed by atoms with van der Waals surface area (Å²) in [7, 11) is 0. The molecule has 0 spiro atoms. The Labute approximate surface area is 227 Å². The van der Waals surface area contributed by atoms with E-state index in [4.69, 9.17) is 11.6 Å². The minimum atomic E-state index is -3.29. The van der Waals surface area contributed by atoms with Crippen molar-refractivity contribution < 1.29 is 27.8 Å². The van der Waals surface area contributed by atoms with E-state index in [0.717, 1.165) is 18.9 Å². The topological polar surface area (TPSA) is 87.0 Å². The van der Waals surface area contributed by atoms with Crippen LogP contribution in [-0.2, 0) is 0 Å². The maximum Gasteiger partial charge on any atom is 0.394 e. The second kappa shape index (κ2) is 10.8. The number of alkyl halides is 2. The number of halogens is 4. The monoisotopic (exact) mass is 564 g/mol. The van der Waals surface area contributed by atoms with E-state index >= 15 is 0 Å². The van der Waals surface area contributed by atoms with Crippen molar-refractivity contribution in [3.63, 3.8) is 0 Å². The Balaban J connectivity index is 1.20. The lowest BCUT2D eigenvalue weighted by atomic mass is 10.1. The number of ether oxygens (including phenoxy) is 1. The largest absolute Gasteiger partial charge is 0.433 e. The molecule has 0 radical (unpaired) electrons. The lowest BCUT2D eigenvalue weighted by molar-refractivity contribution is -0.158. The molecule has 1 aromatic heterocycles. The summed E-state index contributed by atoms with van der Waals surface area (Å²) in [6.07, 6.45) is -0.808. The number of aromatic nitrogens is 1. The summed E-state index contributed by atoms with van der Waals surface area (Å²) >= 11 is 5.95. The van der Waals surface area contributed by atoms with Gasteiger partial charge in [0.1, 0.15) is 17.1 Å². The van der Waals surface area contributed by atoms with Crippen molar-refractivity contribution in [1.82, 2.24) is 19.9 Å². The van der Waals surface area contributed by atoms with Gasteiger partial charge in [0.25, 0.3) is 5.91 Å². The highest BCUT2D eigenvalue weighted by Crippen LogP contribution is 2.37. The summed E-state index contributed by atoms with van der Waals surface area (Å²) in [6.45, 7) is 2.94. The summed E-state index contributed by atoms with van der Waals surface area (Å²) < 4.78 is 46.5. The lowest BCUT2D eigenvalue weighted by Gasteiger charge is -2.35. The van der Waals surface area contributed by atoms with Crippen LogP contribution in [0, 0.1) is 5.82 Å². The molecule has 0 bridgehead atoms. The number of piperazine rings is 1. The number of hydrogen-bond acceptors (Lipinski definition) is 6. The highest BCUT2D eigenvalue weighted by Gasteiger charge is 2.29. The standard InChI is InChI=1S/C27H28ClF3N4O4/c1-27(30,31)39-18-6-2-16(3-7-18)24(36)15-33-8-10-34(11-9-33)32-26(38)20-14-35(17-4-5-17)23-13-21(28)22(29)12-19(23)25(20)37/h2-3,6-7,12-14,17,24,36H,4-5,8-11,15H2,1H3,(H,32,38)/t24-/m1/s1. The van der Waals surface area contributed by atoms with E-state index in [9.17, 15) is 27.9 Å². The molecule has 1 amide bonds. The highest BCUT2D eigenvalue weighted by molar-refractivity contribution is 6.31. The number of carbonyl (C=O) groups excluding carboxylic acids is 1. The Hall–Kier alpha value is -3.12. The van der Waals surface area contributed by atoms with Gasteiger partial charge < -0.3 is 14.4 Å². The van der Waals surface area contributed by atoms with E-state index in [-0.39, 0.29) is 27.8 Å². The van der Waals surface area contributed by atoms with Gasteiger partial charge in [0.2, 0.25) is 5.43 Å². The number of amides is 1. The predicted molar refractivity (Wildman–Crippen MR) is 140 cm³/mol. The van der Waals surface area contributed by atoms with Crippen LogP contribution in [0.2, 0.25) is 5.02 Å². The fourth-order valence-corrected chi connectivity index (χ4v) is 4.88. The summed E-state index contributed by atoms with van der Waals surface area (Å²) in [6, 6.07) is 8.49. The molecular formula is C27H28ClF3N4O4. The number of nitrogens with one attached hydrogen (secondary N) is 1. The van der Waals surface area contributed by atoms with Crippen molar-refractivity contribution in [3.8, 4) is 5.75 Å². The fourth-order valence-electron chi connectivity index (χ4n) is 4.72. The Morgan fingerprint density at radius 2 is 1.85 bits per heavy atom. The van der Waals surface area contributed by atoms with Gasteiger partial charge in [-0.15, -0.1) is 0 Å². The van der Waals surface area contributed by atoms with Gasteiger partial charge in [0.15, 0.2) is 0 Å². The van der Waals surface area contributed by atoms with E-state index in [1.807, 2.05) is 9.47 Å². The van der Waals surface area contributed by atoms with Crippen LogP contribution in [0.3, 0.4) is 0 Å². The number of hydrogen-bond donors (Lipinski definition) is 2. The van der Waals surface area contributed by atoms with Gasteiger partial charge in [-0.05, 0) is 42.7 Å².